The number of unbranched alkanes of at least 4 members (excludes halogenated alkanes) is 1. The molecule has 0 aliphatic rings. The molecule has 0 saturated heterocycles. The molecule has 21 heavy (non-hydrogen) atoms. The minimum absolute atomic E-state index is 0.194. The second-order valence-corrected chi connectivity index (χ2v) is 6.76. The van der Waals surface area contributed by atoms with Crippen LogP contribution >= 0.6 is 0 Å². The van der Waals surface area contributed by atoms with Gasteiger partial charge in [0.05, 0.1) is 6.04 Å². The first-order valence-corrected chi connectivity index (χ1v) is 7.79. The van der Waals surface area contributed by atoms with Crippen LogP contribution in [0.3, 0.4) is 0 Å². The first-order chi connectivity index (χ1) is 9.64. The van der Waals surface area contributed by atoms with Crippen LogP contribution in [0.25, 0.3) is 0 Å². The minimum atomic E-state index is -0.537. The lowest BCUT2D eigenvalue weighted by molar-refractivity contribution is -0.144. The van der Waals surface area contributed by atoms with E-state index < -0.39 is 11.7 Å². The average Bonchev–Trinajstić information content (AvgIpc) is 2.30. The van der Waals surface area contributed by atoms with E-state index in [0.29, 0.717) is 12.3 Å². The predicted octanol–water partition coefficient (Wildman–Crippen LogP) is 3.66. The lowest BCUT2D eigenvalue weighted by Crippen LogP contribution is -2.42. The Bertz CT molecular complexity index is 321. The van der Waals surface area contributed by atoms with Crippen LogP contribution in [-0.4, -0.2) is 30.3 Å². The third-order valence-electron chi connectivity index (χ3n) is 2.66. The standard InChI is InChI=1S/C16H31NO4/c1-7-8-9-14(18)20-11-13(10-12(2)3)17-15(19)21-16(4,5)6/h12-13H,7-11H2,1-6H3,(H,17,19). The minimum Gasteiger partial charge on any atom is -0.463 e. The third-order valence-corrected chi connectivity index (χ3v) is 2.66. The maximum absolute atomic E-state index is 11.8. The van der Waals surface area contributed by atoms with Crippen LogP contribution in [0.1, 0.15) is 67.2 Å². The molecule has 1 N–H and O–H groups in total. The lowest BCUT2D eigenvalue weighted by Gasteiger charge is -2.24. The first kappa shape index (κ1) is 19.7. The zero-order chi connectivity index (χ0) is 16.5. The number of carbonyl (C=O) groups excluding carboxylic acids is 2. The molecule has 0 fully saturated rings. The van der Waals surface area contributed by atoms with Crippen LogP contribution in [-0.2, 0) is 14.3 Å². The first-order valence-electron chi connectivity index (χ1n) is 7.79. The largest absolute Gasteiger partial charge is 0.463 e. The van der Waals surface area contributed by atoms with Crippen molar-refractivity contribution in [2.75, 3.05) is 6.61 Å². The molecule has 1 amide bonds. The van der Waals surface area contributed by atoms with Gasteiger partial charge in [-0.2, -0.15) is 0 Å². The summed E-state index contributed by atoms with van der Waals surface area (Å²) in [6, 6.07) is -0.217. The van der Waals surface area contributed by atoms with Gasteiger partial charge < -0.3 is 14.8 Å². The molecule has 0 aromatic rings. The maximum Gasteiger partial charge on any atom is 0.407 e. The van der Waals surface area contributed by atoms with Gasteiger partial charge in [-0.15, -0.1) is 0 Å². The van der Waals surface area contributed by atoms with Crippen LogP contribution < -0.4 is 5.32 Å². The number of amides is 1. The highest BCUT2D eigenvalue weighted by Crippen LogP contribution is 2.10. The summed E-state index contributed by atoms with van der Waals surface area (Å²) < 4.78 is 10.5. The summed E-state index contributed by atoms with van der Waals surface area (Å²) >= 11 is 0. The summed E-state index contributed by atoms with van der Waals surface area (Å²) in [5, 5.41) is 2.78. The van der Waals surface area contributed by atoms with Gasteiger partial charge in [0, 0.05) is 6.42 Å². The second-order valence-electron chi connectivity index (χ2n) is 6.76. The molecule has 0 aliphatic carbocycles. The lowest BCUT2D eigenvalue weighted by atomic mass is 10.0. The number of nitrogens with one attached hydrogen (secondary N) is 1. The van der Waals surface area contributed by atoms with Crippen molar-refractivity contribution in [1.82, 2.24) is 5.32 Å². The van der Waals surface area contributed by atoms with Gasteiger partial charge in [-0.1, -0.05) is 27.2 Å². The number of ether oxygens (including phenoxy) is 2. The molecule has 5 nitrogen and oxygen atoms in total. The Kier molecular flexibility index (Phi) is 9.06. The Morgan fingerprint density at radius 3 is 2.29 bits per heavy atom. The monoisotopic (exact) mass is 301 g/mol. The average molecular weight is 301 g/mol. The van der Waals surface area contributed by atoms with E-state index in [2.05, 4.69) is 19.2 Å². The second kappa shape index (κ2) is 9.64. The molecule has 0 bridgehead atoms. The van der Waals surface area contributed by atoms with Crippen molar-refractivity contribution < 1.29 is 19.1 Å². The van der Waals surface area contributed by atoms with Gasteiger partial charge in [-0.05, 0) is 39.5 Å². The van der Waals surface area contributed by atoms with Crippen molar-refractivity contribution in [3.05, 3.63) is 0 Å². The molecule has 1 atom stereocenters. The third kappa shape index (κ3) is 12.2. The quantitative estimate of drug-likeness (QED) is 0.695. The van der Waals surface area contributed by atoms with Gasteiger partial charge in [-0.3, -0.25) is 4.79 Å². The number of alkyl carbamates (subject to hydrolysis) is 1. The van der Waals surface area contributed by atoms with E-state index in [-0.39, 0.29) is 18.6 Å². The zero-order valence-electron chi connectivity index (χ0n) is 14.3. The van der Waals surface area contributed by atoms with E-state index >= 15 is 0 Å². The number of carbonyl (C=O) groups is 2. The van der Waals surface area contributed by atoms with Crippen molar-refractivity contribution in [2.45, 2.75) is 78.9 Å². The molecule has 1 unspecified atom stereocenters. The molecule has 0 spiro atoms. The highest BCUT2D eigenvalue weighted by Gasteiger charge is 2.21. The molecule has 0 aromatic heterocycles. The van der Waals surface area contributed by atoms with Gasteiger partial charge in [0.15, 0.2) is 0 Å². The van der Waals surface area contributed by atoms with Crippen LogP contribution in [0.2, 0.25) is 0 Å². The Labute approximate surface area is 128 Å². The van der Waals surface area contributed by atoms with Crippen LogP contribution in [0.5, 0.6) is 0 Å². The summed E-state index contributed by atoms with van der Waals surface area (Å²) in [5.74, 6) is 0.177. The van der Waals surface area contributed by atoms with Crippen molar-refractivity contribution in [1.29, 1.82) is 0 Å². The Balaban J connectivity index is 4.32. The number of esters is 1. The Morgan fingerprint density at radius 2 is 1.81 bits per heavy atom. The van der Waals surface area contributed by atoms with Gasteiger partial charge in [0.1, 0.15) is 12.2 Å². The van der Waals surface area contributed by atoms with E-state index in [0.717, 1.165) is 19.3 Å². The fraction of sp³-hybridized carbons (Fsp3) is 0.875. The summed E-state index contributed by atoms with van der Waals surface area (Å²) in [5.41, 5.74) is -0.537. The summed E-state index contributed by atoms with van der Waals surface area (Å²) in [6.07, 6.45) is 2.48. The molecule has 0 aliphatic heterocycles. The number of hydrogen-bond donors (Lipinski definition) is 1. The highest BCUT2D eigenvalue weighted by atomic mass is 16.6. The molecule has 0 heterocycles. The van der Waals surface area contributed by atoms with Gasteiger partial charge >= 0.3 is 12.1 Å². The van der Waals surface area contributed by atoms with E-state index in [1.807, 2.05) is 27.7 Å². The van der Waals surface area contributed by atoms with Crippen LogP contribution in [0, 0.1) is 5.92 Å². The highest BCUT2D eigenvalue weighted by molar-refractivity contribution is 5.70. The van der Waals surface area contributed by atoms with Crippen molar-refractivity contribution >= 4 is 12.1 Å². The Morgan fingerprint density at radius 1 is 1.19 bits per heavy atom. The normalized spacial score (nSPS) is 12.9. The van der Waals surface area contributed by atoms with Gasteiger partial charge in [-0.25, -0.2) is 4.79 Å². The zero-order valence-corrected chi connectivity index (χ0v) is 14.3. The van der Waals surface area contributed by atoms with Crippen molar-refractivity contribution in [2.24, 2.45) is 5.92 Å². The molecule has 0 saturated carbocycles. The fourth-order valence-corrected chi connectivity index (χ4v) is 1.80. The topological polar surface area (TPSA) is 64.6 Å². The predicted molar refractivity (Wildman–Crippen MR) is 83.1 cm³/mol. The molecule has 124 valence electrons. The fourth-order valence-electron chi connectivity index (χ4n) is 1.80. The number of hydrogen-bond acceptors (Lipinski definition) is 4. The molecule has 5 heteroatoms. The van der Waals surface area contributed by atoms with Gasteiger partial charge in [0.25, 0.3) is 0 Å². The van der Waals surface area contributed by atoms with Crippen LogP contribution in [0.15, 0.2) is 0 Å². The SMILES string of the molecule is CCCCC(=O)OCC(CC(C)C)NC(=O)OC(C)(C)C. The van der Waals surface area contributed by atoms with E-state index in [4.69, 9.17) is 9.47 Å². The Hall–Kier alpha value is -1.26. The summed E-state index contributed by atoms with van der Waals surface area (Å²) in [7, 11) is 0. The van der Waals surface area contributed by atoms with E-state index in [9.17, 15) is 9.59 Å². The molecule has 0 rings (SSSR count). The molecule has 0 radical (unpaired) electrons. The van der Waals surface area contributed by atoms with E-state index in [1.54, 1.807) is 0 Å². The van der Waals surface area contributed by atoms with Crippen molar-refractivity contribution in [3.63, 3.8) is 0 Å². The summed E-state index contributed by atoms with van der Waals surface area (Å²) in [6.45, 7) is 11.8. The van der Waals surface area contributed by atoms with Gasteiger partial charge in [0.2, 0.25) is 0 Å². The van der Waals surface area contributed by atoms with E-state index in [1.165, 1.54) is 0 Å². The molecular formula is C16H31NO4. The molecule has 0 aromatic carbocycles. The number of rotatable bonds is 8. The van der Waals surface area contributed by atoms with Crippen molar-refractivity contribution in [3.8, 4) is 0 Å². The summed E-state index contributed by atoms with van der Waals surface area (Å²) in [4.78, 5) is 23.3. The maximum atomic E-state index is 11.8. The smallest absolute Gasteiger partial charge is 0.407 e. The van der Waals surface area contributed by atoms with Crippen LogP contribution in [0.4, 0.5) is 4.79 Å². The molecular weight excluding hydrogens is 270 g/mol.